The molecule has 5 heteroatoms. The molecule has 1 N–H and O–H groups in total. The van der Waals surface area contributed by atoms with Crippen LogP contribution in [0.15, 0.2) is 42.5 Å². The lowest BCUT2D eigenvalue weighted by molar-refractivity contribution is -0.115. The molecule has 0 spiro atoms. The van der Waals surface area contributed by atoms with Gasteiger partial charge in [-0.05, 0) is 37.5 Å². The van der Waals surface area contributed by atoms with Gasteiger partial charge >= 0.3 is 0 Å². The number of benzene rings is 2. The molecule has 0 saturated carbocycles. The highest BCUT2D eigenvalue weighted by atomic mass is 32.1. The van der Waals surface area contributed by atoms with Crippen molar-refractivity contribution in [1.29, 1.82) is 0 Å². The van der Waals surface area contributed by atoms with E-state index in [0.717, 1.165) is 16.1 Å². The van der Waals surface area contributed by atoms with Crippen LogP contribution in [0.4, 0.5) is 5.13 Å². The molecule has 122 valence electrons. The van der Waals surface area contributed by atoms with Gasteiger partial charge in [-0.15, -0.1) is 10.2 Å². The highest BCUT2D eigenvalue weighted by molar-refractivity contribution is 7.18. The summed E-state index contributed by atoms with van der Waals surface area (Å²) in [7, 11) is 0. The van der Waals surface area contributed by atoms with Crippen molar-refractivity contribution in [2.45, 2.75) is 27.2 Å². The van der Waals surface area contributed by atoms with Gasteiger partial charge in [0.25, 0.3) is 0 Å². The van der Waals surface area contributed by atoms with Crippen molar-refractivity contribution in [1.82, 2.24) is 10.2 Å². The van der Waals surface area contributed by atoms with E-state index in [9.17, 15) is 4.79 Å². The maximum absolute atomic E-state index is 12.2. The fourth-order valence-electron chi connectivity index (χ4n) is 2.35. The summed E-state index contributed by atoms with van der Waals surface area (Å²) < 4.78 is 0. The molecule has 1 amide bonds. The van der Waals surface area contributed by atoms with Crippen molar-refractivity contribution in [3.05, 3.63) is 64.7 Å². The van der Waals surface area contributed by atoms with Crippen molar-refractivity contribution < 1.29 is 4.79 Å². The maximum Gasteiger partial charge on any atom is 0.230 e. The topological polar surface area (TPSA) is 54.9 Å². The van der Waals surface area contributed by atoms with Crippen molar-refractivity contribution in [3.63, 3.8) is 0 Å². The lowest BCUT2D eigenvalue weighted by Gasteiger charge is -2.05. The number of amides is 1. The highest BCUT2D eigenvalue weighted by Gasteiger charge is 2.10. The molecule has 0 aliphatic heterocycles. The minimum Gasteiger partial charge on any atom is -0.300 e. The van der Waals surface area contributed by atoms with E-state index >= 15 is 0 Å². The van der Waals surface area contributed by atoms with Crippen LogP contribution in [0.1, 0.15) is 22.3 Å². The summed E-state index contributed by atoms with van der Waals surface area (Å²) in [4.78, 5) is 12.2. The monoisotopic (exact) mass is 337 g/mol. The van der Waals surface area contributed by atoms with Crippen LogP contribution in [-0.2, 0) is 11.2 Å². The van der Waals surface area contributed by atoms with Gasteiger partial charge in [0.05, 0.1) is 6.42 Å². The van der Waals surface area contributed by atoms with Gasteiger partial charge in [0.2, 0.25) is 11.0 Å². The van der Waals surface area contributed by atoms with Gasteiger partial charge in [-0.1, -0.05) is 59.4 Å². The average Bonchev–Trinajstić information content (AvgIpc) is 3.00. The number of rotatable bonds is 4. The minimum absolute atomic E-state index is 0.0788. The number of aromatic nitrogens is 2. The SMILES string of the molecule is Cc1ccc(-c2nnc(NC(=O)Cc3ccc(C)c(C)c3)s2)cc1. The second-order valence-corrected chi connectivity index (χ2v) is 6.90. The van der Waals surface area contributed by atoms with Crippen molar-refractivity contribution in [3.8, 4) is 10.6 Å². The summed E-state index contributed by atoms with van der Waals surface area (Å²) in [6, 6.07) is 14.2. The Labute approximate surface area is 145 Å². The van der Waals surface area contributed by atoms with Crippen LogP contribution in [-0.4, -0.2) is 16.1 Å². The lowest BCUT2D eigenvalue weighted by Crippen LogP contribution is -2.14. The van der Waals surface area contributed by atoms with Crippen LogP contribution < -0.4 is 5.32 Å². The molecule has 0 fully saturated rings. The third-order valence-electron chi connectivity index (χ3n) is 3.91. The van der Waals surface area contributed by atoms with E-state index in [1.165, 1.54) is 28.0 Å². The Bertz CT molecular complexity index is 869. The molecule has 0 radical (unpaired) electrons. The molecule has 0 unspecified atom stereocenters. The standard InChI is InChI=1S/C19H19N3OS/c1-12-4-8-16(9-5-12)18-21-22-19(24-18)20-17(23)11-15-7-6-13(2)14(3)10-15/h4-10H,11H2,1-3H3,(H,20,22,23). The third-order valence-corrected chi connectivity index (χ3v) is 4.79. The number of aryl methyl sites for hydroxylation is 3. The number of carbonyl (C=O) groups is 1. The van der Waals surface area contributed by atoms with E-state index in [-0.39, 0.29) is 5.91 Å². The molecule has 1 heterocycles. The molecular weight excluding hydrogens is 318 g/mol. The molecule has 0 aliphatic rings. The van der Waals surface area contributed by atoms with Crippen molar-refractivity contribution >= 4 is 22.4 Å². The first-order valence-electron chi connectivity index (χ1n) is 7.78. The molecule has 4 nitrogen and oxygen atoms in total. The highest BCUT2D eigenvalue weighted by Crippen LogP contribution is 2.26. The van der Waals surface area contributed by atoms with E-state index in [1.807, 2.05) is 49.4 Å². The molecule has 24 heavy (non-hydrogen) atoms. The fraction of sp³-hybridized carbons (Fsp3) is 0.211. The summed E-state index contributed by atoms with van der Waals surface area (Å²) in [5.74, 6) is -0.0788. The van der Waals surface area contributed by atoms with Crippen molar-refractivity contribution in [2.24, 2.45) is 0 Å². The van der Waals surface area contributed by atoms with Crippen LogP contribution in [0.2, 0.25) is 0 Å². The second kappa shape index (κ2) is 6.93. The molecule has 3 rings (SSSR count). The molecule has 0 bridgehead atoms. The first-order valence-corrected chi connectivity index (χ1v) is 8.59. The smallest absolute Gasteiger partial charge is 0.230 e. The van der Waals surface area contributed by atoms with Crippen LogP contribution in [0.3, 0.4) is 0 Å². The number of anilines is 1. The zero-order valence-corrected chi connectivity index (χ0v) is 14.8. The number of nitrogens with one attached hydrogen (secondary N) is 1. The van der Waals surface area contributed by atoms with Gasteiger partial charge in [-0.2, -0.15) is 0 Å². The first kappa shape index (κ1) is 16.3. The summed E-state index contributed by atoms with van der Waals surface area (Å²) in [6.07, 6.45) is 0.334. The van der Waals surface area contributed by atoms with E-state index in [1.54, 1.807) is 0 Å². The predicted molar refractivity (Wildman–Crippen MR) is 98.3 cm³/mol. The Morgan fingerprint density at radius 2 is 1.75 bits per heavy atom. The number of nitrogens with zero attached hydrogens (tertiary/aromatic N) is 2. The summed E-state index contributed by atoms with van der Waals surface area (Å²) >= 11 is 1.38. The van der Waals surface area contributed by atoms with Gasteiger partial charge in [0, 0.05) is 5.56 Å². The molecule has 0 aliphatic carbocycles. The first-order chi connectivity index (χ1) is 11.5. The zero-order chi connectivity index (χ0) is 17.1. The van der Waals surface area contributed by atoms with E-state index in [4.69, 9.17) is 0 Å². The largest absolute Gasteiger partial charge is 0.300 e. The van der Waals surface area contributed by atoms with Gasteiger partial charge < -0.3 is 5.32 Å². The van der Waals surface area contributed by atoms with Gasteiger partial charge in [0.1, 0.15) is 5.01 Å². The Kier molecular flexibility index (Phi) is 4.71. The number of carbonyl (C=O) groups excluding carboxylic acids is 1. The molecular formula is C19H19N3OS. The Morgan fingerprint density at radius 3 is 2.46 bits per heavy atom. The van der Waals surface area contributed by atoms with Crippen LogP contribution in [0, 0.1) is 20.8 Å². The Morgan fingerprint density at radius 1 is 1.00 bits per heavy atom. The normalized spacial score (nSPS) is 10.6. The van der Waals surface area contributed by atoms with Crippen LogP contribution in [0.5, 0.6) is 0 Å². The summed E-state index contributed by atoms with van der Waals surface area (Å²) in [5.41, 5.74) is 5.63. The quantitative estimate of drug-likeness (QED) is 0.772. The summed E-state index contributed by atoms with van der Waals surface area (Å²) in [5, 5.41) is 12.4. The molecule has 3 aromatic rings. The molecule has 2 aromatic carbocycles. The predicted octanol–water partition coefficient (Wildman–Crippen LogP) is 4.31. The summed E-state index contributed by atoms with van der Waals surface area (Å²) in [6.45, 7) is 6.16. The second-order valence-electron chi connectivity index (χ2n) is 5.92. The van der Waals surface area contributed by atoms with Gasteiger partial charge in [0.15, 0.2) is 0 Å². The molecule has 0 atom stereocenters. The molecule has 0 saturated heterocycles. The van der Waals surface area contributed by atoms with Crippen LogP contribution >= 0.6 is 11.3 Å². The van der Waals surface area contributed by atoms with E-state index < -0.39 is 0 Å². The Hall–Kier alpha value is -2.53. The number of hydrogen-bond acceptors (Lipinski definition) is 4. The third kappa shape index (κ3) is 3.86. The zero-order valence-electron chi connectivity index (χ0n) is 14.0. The molecule has 1 aromatic heterocycles. The Balaban J connectivity index is 1.66. The van der Waals surface area contributed by atoms with E-state index in [2.05, 4.69) is 29.4 Å². The average molecular weight is 337 g/mol. The minimum atomic E-state index is -0.0788. The van der Waals surface area contributed by atoms with Gasteiger partial charge in [-0.25, -0.2) is 0 Å². The number of hydrogen-bond donors (Lipinski definition) is 1. The fourth-order valence-corrected chi connectivity index (χ4v) is 3.11. The van der Waals surface area contributed by atoms with Gasteiger partial charge in [-0.3, -0.25) is 4.79 Å². The maximum atomic E-state index is 12.2. The van der Waals surface area contributed by atoms with Crippen molar-refractivity contribution in [2.75, 3.05) is 5.32 Å². The van der Waals surface area contributed by atoms with Crippen LogP contribution in [0.25, 0.3) is 10.6 Å². The van der Waals surface area contributed by atoms with E-state index in [0.29, 0.717) is 11.6 Å². The lowest BCUT2D eigenvalue weighted by atomic mass is 10.0.